The molecule has 126 valence electrons. The van der Waals surface area contributed by atoms with Gasteiger partial charge in [-0.3, -0.25) is 4.99 Å². The number of thiazole rings is 1. The van der Waals surface area contributed by atoms with Gasteiger partial charge in [-0.15, -0.1) is 24.0 Å². The van der Waals surface area contributed by atoms with Gasteiger partial charge in [-0.25, -0.2) is 4.98 Å². The van der Waals surface area contributed by atoms with E-state index >= 15 is 0 Å². The van der Waals surface area contributed by atoms with Crippen LogP contribution in [0.5, 0.6) is 0 Å². The topological polar surface area (TPSA) is 75.3 Å². The van der Waals surface area contributed by atoms with Crippen LogP contribution in [-0.4, -0.2) is 24.0 Å². The van der Waals surface area contributed by atoms with E-state index < -0.39 is 0 Å². The van der Waals surface area contributed by atoms with Gasteiger partial charge < -0.3 is 16.4 Å². The number of hydrogen-bond acceptors (Lipinski definition) is 4. The standard InChI is InChI=1S/C17H19N5S.HI/c1-12-6-8-13(9-7-12)21-16(18)19-10-11-20-17-22-14-4-2-3-5-15(14)23-17;/h2-9H,10-11H2,1H3,(H,20,22)(H3,18,19,21);1H. The lowest BCUT2D eigenvalue weighted by atomic mass is 10.2. The average molecular weight is 453 g/mol. The van der Waals surface area contributed by atoms with Crippen LogP contribution in [0.1, 0.15) is 5.56 Å². The largest absolute Gasteiger partial charge is 0.370 e. The van der Waals surface area contributed by atoms with Gasteiger partial charge in [0.1, 0.15) is 0 Å². The fraction of sp³-hybridized carbons (Fsp3) is 0.176. The van der Waals surface area contributed by atoms with Crippen molar-refractivity contribution in [2.45, 2.75) is 6.92 Å². The molecule has 0 aliphatic heterocycles. The van der Waals surface area contributed by atoms with E-state index in [-0.39, 0.29) is 24.0 Å². The van der Waals surface area contributed by atoms with Gasteiger partial charge in [-0.05, 0) is 31.2 Å². The highest BCUT2D eigenvalue weighted by molar-refractivity contribution is 14.0. The third-order valence-electron chi connectivity index (χ3n) is 3.29. The summed E-state index contributed by atoms with van der Waals surface area (Å²) in [6, 6.07) is 16.1. The summed E-state index contributed by atoms with van der Waals surface area (Å²) in [5, 5.41) is 7.26. The summed E-state index contributed by atoms with van der Waals surface area (Å²) in [6.07, 6.45) is 0. The van der Waals surface area contributed by atoms with Gasteiger partial charge in [0.2, 0.25) is 0 Å². The van der Waals surface area contributed by atoms with E-state index in [2.05, 4.69) is 33.6 Å². The Bertz CT molecular complexity index is 780. The number of aromatic nitrogens is 1. The maximum absolute atomic E-state index is 5.88. The summed E-state index contributed by atoms with van der Waals surface area (Å²) in [5.41, 5.74) is 9.05. The van der Waals surface area contributed by atoms with Gasteiger partial charge in [-0.1, -0.05) is 41.2 Å². The van der Waals surface area contributed by atoms with E-state index in [0.29, 0.717) is 19.0 Å². The number of nitrogens with two attached hydrogens (primary N) is 1. The second kappa shape index (κ2) is 8.84. The number of fused-ring (bicyclic) bond motifs is 1. The van der Waals surface area contributed by atoms with Gasteiger partial charge >= 0.3 is 0 Å². The van der Waals surface area contributed by atoms with Crippen LogP contribution in [0.4, 0.5) is 10.8 Å². The summed E-state index contributed by atoms with van der Waals surface area (Å²) in [5.74, 6) is 0.417. The molecule has 0 aliphatic rings. The van der Waals surface area contributed by atoms with Crippen molar-refractivity contribution in [2.75, 3.05) is 23.7 Å². The summed E-state index contributed by atoms with van der Waals surface area (Å²) in [4.78, 5) is 8.83. The Kier molecular flexibility index (Phi) is 6.80. The Hall–Kier alpha value is -1.87. The zero-order valence-corrected chi connectivity index (χ0v) is 16.5. The second-order valence-corrected chi connectivity index (χ2v) is 6.20. The number of aliphatic imine (C=N–C) groups is 1. The molecule has 2 aromatic carbocycles. The number of guanidine groups is 1. The summed E-state index contributed by atoms with van der Waals surface area (Å²) in [6.45, 7) is 3.33. The molecule has 0 unspecified atom stereocenters. The highest BCUT2D eigenvalue weighted by atomic mass is 127. The van der Waals surface area contributed by atoms with Crippen LogP contribution in [0.25, 0.3) is 10.2 Å². The molecule has 0 atom stereocenters. The average Bonchev–Trinajstić information content (AvgIpc) is 2.96. The molecule has 24 heavy (non-hydrogen) atoms. The van der Waals surface area contributed by atoms with Gasteiger partial charge in [-0.2, -0.15) is 0 Å². The molecular formula is C17H20IN5S. The molecule has 0 saturated heterocycles. The summed E-state index contributed by atoms with van der Waals surface area (Å²) >= 11 is 1.64. The zero-order chi connectivity index (χ0) is 16.1. The van der Waals surface area contributed by atoms with Crippen LogP contribution in [-0.2, 0) is 0 Å². The molecule has 7 heteroatoms. The van der Waals surface area contributed by atoms with E-state index in [4.69, 9.17) is 5.73 Å². The smallest absolute Gasteiger partial charge is 0.193 e. The van der Waals surface area contributed by atoms with Crippen LogP contribution < -0.4 is 16.4 Å². The van der Waals surface area contributed by atoms with E-state index in [0.717, 1.165) is 16.3 Å². The number of aryl methyl sites for hydroxylation is 1. The Labute approximate surface area is 162 Å². The summed E-state index contributed by atoms with van der Waals surface area (Å²) in [7, 11) is 0. The van der Waals surface area contributed by atoms with Gasteiger partial charge in [0.05, 0.1) is 16.8 Å². The SMILES string of the molecule is Cc1ccc(NC(N)=NCCNc2nc3ccccc3s2)cc1.I. The van der Waals surface area contributed by atoms with Crippen LogP contribution in [0.3, 0.4) is 0 Å². The molecular weight excluding hydrogens is 433 g/mol. The maximum atomic E-state index is 5.88. The number of benzene rings is 2. The number of nitrogens with one attached hydrogen (secondary N) is 2. The number of hydrogen-bond donors (Lipinski definition) is 3. The minimum atomic E-state index is 0. The minimum Gasteiger partial charge on any atom is -0.370 e. The third kappa shape index (κ3) is 5.07. The lowest BCUT2D eigenvalue weighted by Crippen LogP contribution is -2.23. The van der Waals surface area contributed by atoms with Crippen LogP contribution in [0.15, 0.2) is 53.5 Å². The molecule has 0 aliphatic carbocycles. The van der Waals surface area contributed by atoms with Crippen molar-refractivity contribution in [2.24, 2.45) is 10.7 Å². The predicted octanol–water partition coefficient (Wildman–Crippen LogP) is 4.06. The number of para-hydroxylation sites is 1. The number of halogens is 1. The molecule has 3 rings (SSSR count). The Morgan fingerprint density at radius 2 is 1.92 bits per heavy atom. The van der Waals surface area contributed by atoms with Crippen molar-refractivity contribution in [3.05, 3.63) is 54.1 Å². The Morgan fingerprint density at radius 1 is 1.17 bits per heavy atom. The molecule has 0 bridgehead atoms. The molecule has 0 saturated carbocycles. The van der Waals surface area contributed by atoms with Crippen molar-refractivity contribution >= 4 is 62.3 Å². The maximum Gasteiger partial charge on any atom is 0.193 e. The quantitative estimate of drug-likeness (QED) is 0.236. The molecule has 0 fully saturated rings. The highest BCUT2D eigenvalue weighted by Gasteiger charge is 2.01. The summed E-state index contributed by atoms with van der Waals surface area (Å²) < 4.78 is 1.18. The zero-order valence-electron chi connectivity index (χ0n) is 13.3. The van der Waals surface area contributed by atoms with Crippen LogP contribution >= 0.6 is 35.3 Å². The Morgan fingerprint density at radius 3 is 2.67 bits per heavy atom. The van der Waals surface area contributed by atoms with Crippen molar-refractivity contribution in [1.29, 1.82) is 0 Å². The molecule has 1 aromatic heterocycles. The van der Waals surface area contributed by atoms with E-state index in [1.807, 2.05) is 42.5 Å². The molecule has 5 nitrogen and oxygen atoms in total. The van der Waals surface area contributed by atoms with E-state index in [1.165, 1.54) is 10.3 Å². The predicted molar refractivity (Wildman–Crippen MR) is 115 cm³/mol. The highest BCUT2D eigenvalue weighted by Crippen LogP contribution is 2.24. The number of anilines is 2. The lowest BCUT2D eigenvalue weighted by Gasteiger charge is -2.06. The van der Waals surface area contributed by atoms with E-state index in [1.54, 1.807) is 11.3 Å². The fourth-order valence-corrected chi connectivity index (χ4v) is 3.00. The van der Waals surface area contributed by atoms with Crippen molar-refractivity contribution in [3.63, 3.8) is 0 Å². The fourth-order valence-electron chi connectivity index (χ4n) is 2.11. The van der Waals surface area contributed by atoms with Gasteiger partial charge in [0, 0.05) is 12.2 Å². The van der Waals surface area contributed by atoms with Gasteiger partial charge in [0.15, 0.2) is 11.1 Å². The first kappa shape index (κ1) is 18.5. The molecule has 4 N–H and O–H groups in total. The third-order valence-corrected chi connectivity index (χ3v) is 4.28. The molecule has 0 amide bonds. The van der Waals surface area contributed by atoms with Crippen LogP contribution in [0.2, 0.25) is 0 Å². The first-order chi connectivity index (χ1) is 11.2. The minimum absolute atomic E-state index is 0. The molecule has 1 heterocycles. The van der Waals surface area contributed by atoms with Gasteiger partial charge in [0.25, 0.3) is 0 Å². The molecule has 0 radical (unpaired) electrons. The first-order valence-corrected chi connectivity index (χ1v) is 8.25. The first-order valence-electron chi connectivity index (χ1n) is 7.44. The van der Waals surface area contributed by atoms with Crippen molar-refractivity contribution in [3.8, 4) is 0 Å². The van der Waals surface area contributed by atoms with Crippen molar-refractivity contribution in [1.82, 2.24) is 4.98 Å². The van der Waals surface area contributed by atoms with Crippen molar-refractivity contribution < 1.29 is 0 Å². The second-order valence-electron chi connectivity index (χ2n) is 5.17. The Balaban J connectivity index is 0.00000208. The van der Waals surface area contributed by atoms with Crippen LogP contribution in [0, 0.1) is 6.92 Å². The molecule has 0 spiro atoms. The lowest BCUT2D eigenvalue weighted by molar-refractivity contribution is 1.01. The molecule has 3 aromatic rings. The monoisotopic (exact) mass is 453 g/mol. The normalized spacial score (nSPS) is 11.1. The number of nitrogens with zero attached hydrogens (tertiary/aromatic N) is 2. The van der Waals surface area contributed by atoms with E-state index in [9.17, 15) is 0 Å². The number of rotatable bonds is 5.